The van der Waals surface area contributed by atoms with Crippen LogP contribution in [0.1, 0.15) is 30.1 Å². The molecule has 0 unspecified atom stereocenters. The van der Waals surface area contributed by atoms with Crippen molar-refractivity contribution >= 4 is 11.0 Å². The standard InChI is InChI=1S/C15H22N4/c1-19(9-7-16)8-6-11-2-5-13-14(10-11)18-15(17-13)12-3-4-12/h2,5,10,12H,3-4,6-9,16H2,1H3,(H,17,18). The third-order valence-corrected chi connectivity index (χ3v) is 3.82. The second-order valence-electron chi connectivity index (χ2n) is 5.59. The lowest BCUT2D eigenvalue weighted by molar-refractivity contribution is 0.348. The van der Waals surface area contributed by atoms with E-state index < -0.39 is 0 Å². The highest BCUT2D eigenvalue weighted by Gasteiger charge is 2.26. The number of imidazole rings is 1. The first-order valence-corrected chi connectivity index (χ1v) is 7.13. The van der Waals surface area contributed by atoms with Crippen molar-refractivity contribution in [3.63, 3.8) is 0 Å². The zero-order valence-electron chi connectivity index (χ0n) is 11.5. The van der Waals surface area contributed by atoms with Crippen LogP contribution in [0.2, 0.25) is 0 Å². The summed E-state index contributed by atoms with van der Waals surface area (Å²) in [7, 11) is 2.12. The highest BCUT2D eigenvalue weighted by Crippen LogP contribution is 2.39. The van der Waals surface area contributed by atoms with Crippen molar-refractivity contribution in [1.82, 2.24) is 14.9 Å². The number of aromatic nitrogens is 2. The van der Waals surface area contributed by atoms with Gasteiger partial charge in [0.2, 0.25) is 0 Å². The maximum absolute atomic E-state index is 5.55. The first kappa shape index (κ1) is 12.6. The fraction of sp³-hybridized carbons (Fsp3) is 0.533. The van der Waals surface area contributed by atoms with E-state index in [1.807, 2.05) is 0 Å². The Morgan fingerprint density at radius 1 is 1.37 bits per heavy atom. The van der Waals surface area contributed by atoms with Crippen LogP contribution < -0.4 is 5.73 Å². The van der Waals surface area contributed by atoms with Crippen molar-refractivity contribution in [3.05, 3.63) is 29.6 Å². The predicted octanol–water partition coefficient (Wildman–Crippen LogP) is 1.87. The Hall–Kier alpha value is -1.39. The van der Waals surface area contributed by atoms with Crippen LogP contribution in [0, 0.1) is 0 Å². The van der Waals surface area contributed by atoms with Gasteiger partial charge in [0.15, 0.2) is 0 Å². The van der Waals surface area contributed by atoms with E-state index in [1.165, 1.54) is 29.7 Å². The highest BCUT2D eigenvalue weighted by atomic mass is 15.1. The third-order valence-electron chi connectivity index (χ3n) is 3.82. The number of nitrogens with one attached hydrogen (secondary N) is 1. The Labute approximate surface area is 114 Å². The first-order chi connectivity index (χ1) is 9.26. The van der Waals surface area contributed by atoms with Gasteiger partial charge in [0.25, 0.3) is 0 Å². The lowest BCUT2D eigenvalue weighted by Crippen LogP contribution is -2.27. The van der Waals surface area contributed by atoms with E-state index in [0.717, 1.165) is 31.6 Å². The van der Waals surface area contributed by atoms with Gasteiger partial charge in [-0.2, -0.15) is 0 Å². The summed E-state index contributed by atoms with van der Waals surface area (Å²) in [6.07, 6.45) is 3.64. The van der Waals surface area contributed by atoms with E-state index in [2.05, 4.69) is 40.1 Å². The molecule has 1 aliphatic carbocycles. The van der Waals surface area contributed by atoms with Gasteiger partial charge < -0.3 is 15.6 Å². The second kappa shape index (κ2) is 5.31. The SMILES string of the molecule is CN(CCN)CCc1ccc2nc(C3CC3)[nH]c2c1. The molecule has 0 aliphatic heterocycles. The molecule has 0 amide bonds. The molecule has 0 bridgehead atoms. The molecule has 4 nitrogen and oxygen atoms in total. The van der Waals surface area contributed by atoms with E-state index in [1.54, 1.807) is 0 Å². The smallest absolute Gasteiger partial charge is 0.110 e. The molecule has 1 aromatic heterocycles. The maximum Gasteiger partial charge on any atom is 0.110 e. The van der Waals surface area contributed by atoms with Crippen molar-refractivity contribution in [2.75, 3.05) is 26.7 Å². The summed E-state index contributed by atoms with van der Waals surface area (Å²) in [6.45, 7) is 2.73. The molecule has 0 atom stereocenters. The number of nitrogens with two attached hydrogens (primary N) is 1. The number of likely N-dealkylation sites (N-methyl/N-ethyl adjacent to an activating group) is 1. The number of hydrogen-bond donors (Lipinski definition) is 2. The van der Waals surface area contributed by atoms with Crippen molar-refractivity contribution in [3.8, 4) is 0 Å². The molecule has 2 aromatic rings. The molecule has 3 rings (SSSR count). The van der Waals surface area contributed by atoms with E-state index in [9.17, 15) is 0 Å². The lowest BCUT2D eigenvalue weighted by Gasteiger charge is -2.14. The minimum Gasteiger partial charge on any atom is -0.342 e. The molecule has 1 saturated carbocycles. The topological polar surface area (TPSA) is 57.9 Å². The van der Waals surface area contributed by atoms with Crippen LogP contribution in [0.4, 0.5) is 0 Å². The minimum absolute atomic E-state index is 0.687. The fourth-order valence-electron chi connectivity index (χ4n) is 2.43. The molecule has 19 heavy (non-hydrogen) atoms. The van der Waals surface area contributed by atoms with Gasteiger partial charge in [0.1, 0.15) is 5.82 Å². The molecule has 1 heterocycles. The van der Waals surface area contributed by atoms with Crippen LogP contribution in [-0.4, -0.2) is 41.5 Å². The average molecular weight is 258 g/mol. The Morgan fingerprint density at radius 2 is 2.21 bits per heavy atom. The van der Waals surface area contributed by atoms with Crippen molar-refractivity contribution in [2.24, 2.45) is 5.73 Å². The molecule has 3 N–H and O–H groups in total. The molecule has 102 valence electrons. The van der Waals surface area contributed by atoms with Crippen LogP contribution in [0.5, 0.6) is 0 Å². The summed E-state index contributed by atoms with van der Waals surface area (Å²) >= 11 is 0. The predicted molar refractivity (Wildman–Crippen MR) is 78.3 cm³/mol. The Kier molecular flexibility index (Phi) is 3.53. The number of benzene rings is 1. The lowest BCUT2D eigenvalue weighted by atomic mass is 10.1. The summed E-state index contributed by atoms with van der Waals surface area (Å²) in [5.41, 5.74) is 9.20. The Bertz CT molecular complexity index is 556. The van der Waals surface area contributed by atoms with E-state index in [-0.39, 0.29) is 0 Å². The van der Waals surface area contributed by atoms with Gasteiger partial charge in [-0.15, -0.1) is 0 Å². The summed E-state index contributed by atoms with van der Waals surface area (Å²) in [5, 5.41) is 0. The number of fused-ring (bicyclic) bond motifs is 1. The molecule has 1 fully saturated rings. The number of H-pyrrole nitrogens is 1. The molecule has 0 spiro atoms. The van der Waals surface area contributed by atoms with Gasteiger partial charge in [0.05, 0.1) is 11.0 Å². The van der Waals surface area contributed by atoms with Crippen LogP contribution in [0.15, 0.2) is 18.2 Å². The van der Waals surface area contributed by atoms with E-state index in [0.29, 0.717) is 5.92 Å². The zero-order valence-corrected chi connectivity index (χ0v) is 11.5. The van der Waals surface area contributed by atoms with Gasteiger partial charge in [-0.25, -0.2) is 4.98 Å². The maximum atomic E-state index is 5.55. The number of rotatable bonds is 6. The fourth-order valence-corrected chi connectivity index (χ4v) is 2.43. The van der Waals surface area contributed by atoms with Crippen molar-refractivity contribution in [2.45, 2.75) is 25.2 Å². The monoisotopic (exact) mass is 258 g/mol. The normalized spacial score (nSPS) is 15.5. The first-order valence-electron chi connectivity index (χ1n) is 7.13. The van der Waals surface area contributed by atoms with Gasteiger partial charge in [-0.05, 0) is 44.0 Å². The Morgan fingerprint density at radius 3 is 2.95 bits per heavy atom. The number of aromatic amines is 1. The van der Waals surface area contributed by atoms with Crippen LogP contribution in [0.3, 0.4) is 0 Å². The van der Waals surface area contributed by atoms with Crippen LogP contribution >= 0.6 is 0 Å². The largest absolute Gasteiger partial charge is 0.342 e. The molecule has 1 aliphatic rings. The van der Waals surface area contributed by atoms with Gasteiger partial charge in [-0.3, -0.25) is 0 Å². The van der Waals surface area contributed by atoms with Crippen LogP contribution in [0.25, 0.3) is 11.0 Å². The summed E-state index contributed by atoms with van der Waals surface area (Å²) in [5.74, 6) is 1.86. The highest BCUT2D eigenvalue weighted by molar-refractivity contribution is 5.76. The third kappa shape index (κ3) is 2.96. The van der Waals surface area contributed by atoms with Crippen LogP contribution in [-0.2, 0) is 6.42 Å². The number of nitrogens with zero attached hydrogens (tertiary/aromatic N) is 2. The Balaban J connectivity index is 1.70. The quantitative estimate of drug-likeness (QED) is 0.831. The van der Waals surface area contributed by atoms with Gasteiger partial charge in [0, 0.05) is 25.6 Å². The van der Waals surface area contributed by atoms with Crippen molar-refractivity contribution < 1.29 is 0 Å². The summed E-state index contributed by atoms with van der Waals surface area (Å²) in [6, 6.07) is 6.57. The molecule has 4 heteroatoms. The second-order valence-corrected chi connectivity index (χ2v) is 5.59. The molecule has 1 aromatic carbocycles. The average Bonchev–Trinajstić information content (AvgIpc) is 3.16. The molecule has 0 saturated heterocycles. The molecule has 0 radical (unpaired) electrons. The minimum atomic E-state index is 0.687. The van der Waals surface area contributed by atoms with Gasteiger partial charge >= 0.3 is 0 Å². The molecular formula is C15H22N4. The molecular weight excluding hydrogens is 236 g/mol. The van der Waals surface area contributed by atoms with Crippen molar-refractivity contribution in [1.29, 1.82) is 0 Å². The van der Waals surface area contributed by atoms with Gasteiger partial charge in [-0.1, -0.05) is 6.07 Å². The zero-order chi connectivity index (χ0) is 13.2. The number of hydrogen-bond acceptors (Lipinski definition) is 3. The summed E-state index contributed by atoms with van der Waals surface area (Å²) < 4.78 is 0. The van der Waals surface area contributed by atoms with E-state index in [4.69, 9.17) is 5.73 Å². The van der Waals surface area contributed by atoms with E-state index >= 15 is 0 Å². The summed E-state index contributed by atoms with van der Waals surface area (Å²) in [4.78, 5) is 10.4.